The van der Waals surface area contributed by atoms with Crippen molar-refractivity contribution in [3.63, 3.8) is 0 Å². The van der Waals surface area contributed by atoms with Gasteiger partial charge in [0.1, 0.15) is 6.54 Å². The van der Waals surface area contributed by atoms with Crippen LogP contribution in [0.15, 0.2) is 60.7 Å². The number of carbonyl (C=O) groups is 2. The maximum Gasteiger partial charge on any atom is 0.348 e. The number of esters is 1. The standard InChI is InChI=1S/C30H39N2O4/c1-31(26-15-9-4-10-16-26)28(33)22-32-19-17-23(18-20-32)27(21-32)36-29(34)30(35,24-11-5-2-6-12-24)25-13-7-3-8-14-25/h2-3,5-8,11-14,23,26-27,35H,4,9-10,15-22H2,1H3/q+1/t23?,27-,32?/m0/s1. The van der Waals surface area contributed by atoms with Crippen LogP contribution in [0.1, 0.15) is 56.1 Å². The molecule has 0 unspecified atom stereocenters. The summed E-state index contributed by atoms with van der Waals surface area (Å²) in [6.45, 7) is 3.00. The molecule has 1 atom stereocenters. The van der Waals surface area contributed by atoms with E-state index in [1.807, 2.05) is 48.3 Å². The minimum Gasteiger partial charge on any atom is -0.453 e. The lowest BCUT2D eigenvalue weighted by atomic mass is 9.82. The van der Waals surface area contributed by atoms with Gasteiger partial charge in [0.15, 0.2) is 12.6 Å². The number of hydrogen-bond acceptors (Lipinski definition) is 4. The fourth-order valence-electron chi connectivity index (χ4n) is 6.63. The van der Waals surface area contributed by atoms with Crippen molar-refractivity contribution in [2.24, 2.45) is 5.92 Å². The maximum absolute atomic E-state index is 13.7. The summed E-state index contributed by atoms with van der Waals surface area (Å²) in [7, 11) is 1.96. The summed E-state index contributed by atoms with van der Waals surface area (Å²) in [5.41, 5.74) is -0.887. The van der Waals surface area contributed by atoms with E-state index in [9.17, 15) is 14.7 Å². The van der Waals surface area contributed by atoms with Crippen LogP contribution in [0.25, 0.3) is 0 Å². The maximum atomic E-state index is 13.7. The van der Waals surface area contributed by atoms with Crippen LogP contribution >= 0.6 is 0 Å². The molecule has 2 bridgehead atoms. The monoisotopic (exact) mass is 491 g/mol. The van der Waals surface area contributed by atoms with E-state index in [0.717, 1.165) is 38.8 Å². The highest BCUT2D eigenvalue weighted by Crippen LogP contribution is 2.38. The average Bonchev–Trinajstić information content (AvgIpc) is 2.94. The summed E-state index contributed by atoms with van der Waals surface area (Å²) in [5, 5.41) is 11.8. The third-order valence-electron chi connectivity index (χ3n) is 8.96. The van der Waals surface area contributed by atoms with Crippen molar-refractivity contribution in [2.45, 2.75) is 62.7 Å². The van der Waals surface area contributed by atoms with Crippen molar-refractivity contribution < 1.29 is 23.9 Å². The minimum absolute atomic E-state index is 0.206. The van der Waals surface area contributed by atoms with Gasteiger partial charge in [0.25, 0.3) is 5.91 Å². The molecule has 0 radical (unpaired) electrons. The molecule has 4 fully saturated rings. The Kier molecular flexibility index (Phi) is 7.18. The molecule has 6 rings (SSSR count). The fourth-order valence-corrected chi connectivity index (χ4v) is 6.63. The highest BCUT2D eigenvalue weighted by Gasteiger charge is 2.51. The van der Waals surface area contributed by atoms with Gasteiger partial charge in [-0.1, -0.05) is 79.9 Å². The van der Waals surface area contributed by atoms with E-state index in [2.05, 4.69) is 0 Å². The first kappa shape index (κ1) is 25.0. The zero-order chi connectivity index (χ0) is 25.2. The molecular formula is C30H39N2O4+. The fraction of sp³-hybridized carbons (Fsp3) is 0.533. The lowest BCUT2D eigenvalue weighted by Crippen LogP contribution is -2.67. The number of fused-ring (bicyclic) bond motifs is 3. The van der Waals surface area contributed by atoms with Crippen LogP contribution in [0.5, 0.6) is 0 Å². The normalized spacial score (nSPS) is 26.4. The molecular weight excluding hydrogens is 452 g/mol. The molecule has 6 nitrogen and oxygen atoms in total. The number of likely N-dealkylation sites (N-methyl/N-ethyl adjacent to an activating group) is 1. The van der Waals surface area contributed by atoms with Gasteiger partial charge in [0.2, 0.25) is 5.60 Å². The Bertz CT molecular complexity index is 1000. The number of nitrogens with zero attached hydrogens (tertiary/aromatic N) is 2. The summed E-state index contributed by atoms with van der Waals surface area (Å²) < 4.78 is 6.83. The second kappa shape index (κ2) is 10.3. The molecule has 4 aliphatic rings. The third-order valence-corrected chi connectivity index (χ3v) is 8.96. The molecule has 6 heteroatoms. The molecule has 192 valence electrons. The number of benzene rings is 2. The molecule has 1 saturated carbocycles. The van der Waals surface area contributed by atoms with E-state index >= 15 is 0 Å². The van der Waals surface area contributed by atoms with Crippen LogP contribution in [0, 0.1) is 5.92 Å². The number of ether oxygens (including phenoxy) is 1. The molecule has 3 heterocycles. The molecule has 1 N–H and O–H groups in total. The van der Waals surface area contributed by atoms with E-state index in [1.54, 1.807) is 24.3 Å². The smallest absolute Gasteiger partial charge is 0.348 e. The van der Waals surface area contributed by atoms with E-state index in [4.69, 9.17) is 4.74 Å². The molecule has 2 aromatic rings. The van der Waals surface area contributed by atoms with Gasteiger partial charge in [-0.15, -0.1) is 0 Å². The van der Waals surface area contributed by atoms with Crippen LogP contribution in [-0.2, 0) is 19.9 Å². The number of piperidine rings is 3. The largest absolute Gasteiger partial charge is 0.453 e. The van der Waals surface area contributed by atoms with Crippen molar-refractivity contribution in [1.82, 2.24) is 4.90 Å². The Morgan fingerprint density at radius 2 is 1.47 bits per heavy atom. The van der Waals surface area contributed by atoms with Gasteiger partial charge in [0.05, 0.1) is 13.1 Å². The number of aliphatic hydroxyl groups is 1. The SMILES string of the molecule is CN(C(=O)C[N+]12CCC(CC1)[C@@H](OC(=O)C(O)(c1ccccc1)c1ccccc1)C2)C1CCCCC1. The Morgan fingerprint density at radius 1 is 0.917 bits per heavy atom. The van der Waals surface area contributed by atoms with Gasteiger partial charge in [-0.3, -0.25) is 4.79 Å². The summed E-state index contributed by atoms with van der Waals surface area (Å²) in [5.74, 6) is -0.157. The number of hydrogen-bond donors (Lipinski definition) is 1. The van der Waals surface area contributed by atoms with Crippen LogP contribution in [0.4, 0.5) is 0 Å². The van der Waals surface area contributed by atoms with Crippen LogP contribution in [-0.4, -0.2) is 71.7 Å². The molecule has 3 aliphatic heterocycles. The zero-order valence-electron chi connectivity index (χ0n) is 21.4. The van der Waals surface area contributed by atoms with E-state index in [-0.39, 0.29) is 17.9 Å². The molecule has 3 saturated heterocycles. The van der Waals surface area contributed by atoms with Gasteiger partial charge < -0.3 is 19.2 Å². The summed E-state index contributed by atoms with van der Waals surface area (Å²) in [6, 6.07) is 18.4. The van der Waals surface area contributed by atoms with E-state index in [0.29, 0.717) is 34.7 Å². The van der Waals surface area contributed by atoms with Gasteiger partial charge >= 0.3 is 5.97 Å². The van der Waals surface area contributed by atoms with Gasteiger partial charge in [-0.05, 0) is 24.0 Å². The minimum atomic E-state index is -1.88. The summed E-state index contributed by atoms with van der Waals surface area (Å²) in [4.78, 5) is 29.0. The first-order valence-corrected chi connectivity index (χ1v) is 13.6. The van der Waals surface area contributed by atoms with Crippen molar-refractivity contribution in [3.8, 4) is 0 Å². The van der Waals surface area contributed by atoms with Crippen molar-refractivity contribution in [1.29, 1.82) is 0 Å². The van der Waals surface area contributed by atoms with Gasteiger partial charge in [-0.25, -0.2) is 4.79 Å². The topological polar surface area (TPSA) is 66.8 Å². The second-order valence-corrected chi connectivity index (χ2v) is 11.1. The van der Waals surface area contributed by atoms with Gasteiger partial charge in [0, 0.05) is 31.8 Å². The number of rotatable bonds is 7. The zero-order valence-corrected chi connectivity index (χ0v) is 21.4. The molecule has 1 amide bonds. The summed E-state index contributed by atoms with van der Waals surface area (Å²) in [6.07, 6.45) is 7.45. The molecule has 2 aromatic carbocycles. The Balaban J connectivity index is 1.32. The molecule has 0 spiro atoms. The van der Waals surface area contributed by atoms with Crippen LogP contribution in [0.2, 0.25) is 0 Å². The predicted octanol–water partition coefficient (Wildman–Crippen LogP) is 3.87. The summed E-state index contributed by atoms with van der Waals surface area (Å²) >= 11 is 0. The highest BCUT2D eigenvalue weighted by molar-refractivity contribution is 5.85. The average molecular weight is 492 g/mol. The van der Waals surface area contributed by atoms with Crippen molar-refractivity contribution in [2.75, 3.05) is 33.2 Å². The van der Waals surface area contributed by atoms with Gasteiger partial charge in [-0.2, -0.15) is 0 Å². The number of carbonyl (C=O) groups excluding carboxylic acids is 2. The van der Waals surface area contributed by atoms with E-state index in [1.165, 1.54) is 19.3 Å². The Labute approximate surface area is 214 Å². The Morgan fingerprint density at radius 3 is 2.03 bits per heavy atom. The second-order valence-electron chi connectivity index (χ2n) is 11.1. The van der Waals surface area contributed by atoms with E-state index < -0.39 is 11.6 Å². The molecule has 0 aromatic heterocycles. The number of amides is 1. The quantitative estimate of drug-likeness (QED) is 0.472. The van der Waals surface area contributed by atoms with Crippen molar-refractivity contribution in [3.05, 3.63) is 71.8 Å². The Hall–Kier alpha value is -2.70. The molecule has 36 heavy (non-hydrogen) atoms. The third kappa shape index (κ3) is 4.81. The molecule has 1 aliphatic carbocycles. The van der Waals surface area contributed by atoms with Crippen molar-refractivity contribution >= 4 is 11.9 Å². The number of quaternary nitrogens is 1. The first-order valence-electron chi connectivity index (χ1n) is 13.6. The van der Waals surface area contributed by atoms with Crippen LogP contribution in [0.3, 0.4) is 0 Å². The van der Waals surface area contributed by atoms with Crippen LogP contribution < -0.4 is 0 Å². The highest BCUT2D eigenvalue weighted by atomic mass is 16.6. The lowest BCUT2D eigenvalue weighted by Gasteiger charge is -2.52. The predicted molar refractivity (Wildman–Crippen MR) is 138 cm³/mol. The lowest BCUT2D eigenvalue weighted by molar-refractivity contribution is -0.939. The first-order chi connectivity index (χ1) is 17.4.